The third-order valence-electron chi connectivity index (χ3n) is 4.74. The normalized spacial score (nSPS) is 12.0. The maximum atomic E-state index is 13.0. The number of anilines is 1. The Kier molecular flexibility index (Phi) is 8.02. The molecule has 156 valence electrons. The lowest BCUT2D eigenvalue weighted by Crippen LogP contribution is -2.35. The van der Waals surface area contributed by atoms with Gasteiger partial charge >= 0.3 is 0 Å². The zero-order valence-electron chi connectivity index (χ0n) is 17.1. The van der Waals surface area contributed by atoms with Crippen LogP contribution in [0, 0.1) is 11.8 Å². The topological polar surface area (TPSA) is 67.9 Å². The fraction of sp³-hybridized carbons (Fsp3) is 0.333. The predicted molar refractivity (Wildman–Crippen MR) is 115 cm³/mol. The molecule has 0 spiro atoms. The molecule has 0 unspecified atom stereocenters. The molecular weight excluding hydrogens is 380 g/mol. The number of ether oxygens (including phenoxy) is 2. The number of nitrogens with zero attached hydrogens (tertiary/aromatic N) is 1. The van der Waals surface area contributed by atoms with E-state index in [9.17, 15) is 9.59 Å². The fourth-order valence-corrected chi connectivity index (χ4v) is 3.15. The van der Waals surface area contributed by atoms with Crippen LogP contribution in [0.25, 0.3) is 0 Å². The summed E-state index contributed by atoms with van der Waals surface area (Å²) >= 11 is 0. The van der Waals surface area contributed by atoms with E-state index in [1.54, 1.807) is 12.0 Å². The van der Waals surface area contributed by atoms with Crippen molar-refractivity contribution in [2.24, 2.45) is 0 Å². The van der Waals surface area contributed by atoms with Crippen LogP contribution >= 0.6 is 0 Å². The molecule has 2 aromatic carbocycles. The van der Waals surface area contributed by atoms with Crippen molar-refractivity contribution >= 4 is 17.5 Å². The lowest BCUT2D eigenvalue weighted by atomic mass is 10.0. The van der Waals surface area contributed by atoms with Crippen LogP contribution in [0.1, 0.15) is 29.5 Å². The average molecular weight is 406 g/mol. The molecule has 6 nitrogen and oxygen atoms in total. The summed E-state index contributed by atoms with van der Waals surface area (Å²) in [4.78, 5) is 26.7. The highest BCUT2D eigenvalue weighted by Crippen LogP contribution is 2.25. The first-order valence-electron chi connectivity index (χ1n) is 10.0. The summed E-state index contributed by atoms with van der Waals surface area (Å²) in [7, 11) is 1.60. The molecule has 0 saturated carbocycles. The smallest absolute Gasteiger partial charge is 0.229 e. The molecule has 2 aromatic rings. The van der Waals surface area contributed by atoms with Gasteiger partial charge in [-0.25, -0.2) is 0 Å². The summed E-state index contributed by atoms with van der Waals surface area (Å²) in [5.41, 5.74) is 3.54. The molecule has 0 bridgehead atoms. The number of rotatable bonds is 9. The van der Waals surface area contributed by atoms with Crippen molar-refractivity contribution in [2.75, 3.05) is 38.4 Å². The molecule has 0 radical (unpaired) electrons. The number of carbonyl (C=O) groups excluding carboxylic acids is 2. The van der Waals surface area contributed by atoms with Crippen LogP contribution < -0.4 is 10.2 Å². The van der Waals surface area contributed by atoms with Gasteiger partial charge in [0.1, 0.15) is 0 Å². The lowest BCUT2D eigenvalue weighted by molar-refractivity contribution is -0.122. The second-order valence-corrected chi connectivity index (χ2v) is 6.86. The first-order valence-corrected chi connectivity index (χ1v) is 10.0. The predicted octanol–water partition coefficient (Wildman–Crippen LogP) is 2.49. The van der Waals surface area contributed by atoms with Crippen LogP contribution in [-0.2, 0) is 25.6 Å². The van der Waals surface area contributed by atoms with Crippen molar-refractivity contribution < 1.29 is 19.1 Å². The Morgan fingerprint density at radius 2 is 1.70 bits per heavy atom. The number of benzene rings is 2. The number of amides is 2. The Hall–Kier alpha value is -3.14. The highest BCUT2D eigenvalue weighted by molar-refractivity contribution is 5.95. The van der Waals surface area contributed by atoms with Gasteiger partial charge in [0.2, 0.25) is 11.8 Å². The van der Waals surface area contributed by atoms with Crippen LogP contribution in [0.4, 0.5) is 5.69 Å². The molecule has 30 heavy (non-hydrogen) atoms. The molecule has 6 heteroatoms. The van der Waals surface area contributed by atoms with Crippen molar-refractivity contribution in [3.05, 3.63) is 65.2 Å². The summed E-state index contributed by atoms with van der Waals surface area (Å²) < 4.78 is 10.2. The Bertz CT molecular complexity index is 945. The summed E-state index contributed by atoms with van der Waals surface area (Å²) in [5.74, 6) is 6.20. The van der Waals surface area contributed by atoms with E-state index in [1.165, 1.54) is 0 Å². The number of hydrogen-bond donors (Lipinski definition) is 1. The van der Waals surface area contributed by atoms with Crippen molar-refractivity contribution in [3.63, 3.8) is 0 Å². The van der Waals surface area contributed by atoms with Gasteiger partial charge in [-0.15, -0.1) is 0 Å². The molecular formula is C24H26N2O4. The van der Waals surface area contributed by atoms with Gasteiger partial charge in [-0.3, -0.25) is 9.59 Å². The van der Waals surface area contributed by atoms with Crippen molar-refractivity contribution in [2.45, 2.75) is 19.4 Å². The first kappa shape index (κ1) is 21.6. The van der Waals surface area contributed by atoms with Crippen molar-refractivity contribution in [1.82, 2.24) is 5.32 Å². The molecule has 0 saturated heterocycles. The summed E-state index contributed by atoms with van der Waals surface area (Å²) in [6, 6.07) is 15.5. The van der Waals surface area contributed by atoms with E-state index in [4.69, 9.17) is 9.47 Å². The van der Waals surface area contributed by atoms with E-state index in [-0.39, 0.29) is 31.2 Å². The molecule has 0 aliphatic carbocycles. The molecule has 1 N–H and O–H groups in total. The van der Waals surface area contributed by atoms with E-state index in [2.05, 4.69) is 17.2 Å². The zero-order valence-corrected chi connectivity index (χ0v) is 17.1. The van der Waals surface area contributed by atoms with Crippen LogP contribution in [0.3, 0.4) is 0 Å². The number of fused-ring (bicyclic) bond motifs is 2. The number of carbonyl (C=O) groups is 2. The van der Waals surface area contributed by atoms with Gasteiger partial charge in [0.25, 0.3) is 0 Å². The van der Waals surface area contributed by atoms with Crippen LogP contribution in [0.15, 0.2) is 48.5 Å². The Morgan fingerprint density at radius 3 is 2.53 bits per heavy atom. The van der Waals surface area contributed by atoms with Gasteiger partial charge in [0.05, 0.1) is 32.1 Å². The lowest BCUT2D eigenvalue weighted by Gasteiger charge is -2.26. The van der Waals surface area contributed by atoms with E-state index in [0.29, 0.717) is 26.4 Å². The third-order valence-corrected chi connectivity index (χ3v) is 4.74. The molecule has 1 aliphatic heterocycles. The summed E-state index contributed by atoms with van der Waals surface area (Å²) in [5, 5.41) is 2.79. The summed E-state index contributed by atoms with van der Waals surface area (Å²) in [6.45, 7) is 2.02. The van der Waals surface area contributed by atoms with Gasteiger partial charge in [0.15, 0.2) is 0 Å². The summed E-state index contributed by atoms with van der Waals surface area (Å²) in [6.07, 6.45) is 0.466. The molecule has 1 heterocycles. The average Bonchev–Trinajstić information content (AvgIpc) is 2.75. The molecule has 3 rings (SSSR count). The molecule has 2 amide bonds. The Labute approximate surface area is 177 Å². The maximum Gasteiger partial charge on any atom is 0.229 e. The quantitative estimate of drug-likeness (QED) is 0.513. The van der Waals surface area contributed by atoms with Crippen LogP contribution in [0.2, 0.25) is 0 Å². The molecule has 0 atom stereocenters. The fourth-order valence-electron chi connectivity index (χ4n) is 3.15. The minimum Gasteiger partial charge on any atom is -0.382 e. The second kappa shape index (κ2) is 11.1. The van der Waals surface area contributed by atoms with Crippen LogP contribution in [-0.4, -0.2) is 45.3 Å². The number of hydrogen-bond acceptors (Lipinski definition) is 4. The van der Waals surface area contributed by atoms with Gasteiger partial charge < -0.3 is 19.7 Å². The van der Waals surface area contributed by atoms with Gasteiger partial charge in [-0.1, -0.05) is 42.2 Å². The largest absolute Gasteiger partial charge is 0.382 e. The minimum atomic E-state index is -0.135. The second-order valence-electron chi connectivity index (χ2n) is 6.86. The van der Waals surface area contributed by atoms with Crippen LogP contribution in [0.5, 0.6) is 0 Å². The van der Waals surface area contributed by atoms with Gasteiger partial charge in [0, 0.05) is 37.6 Å². The molecule has 0 aromatic heterocycles. The Balaban J connectivity index is 1.60. The number of para-hydroxylation sites is 1. The molecule has 1 aliphatic rings. The van der Waals surface area contributed by atoms with E-state index in [1.807, 2.05) is 48.5 Å². The van der Waals surface area contributed by atoms with Gasteiger partial charge in [-0.2, -0.15) is 0 Å². The van der Waals surface area contributed by atoms with Gasteiger partial charge in [-0.05, 0) is 23.8 Å². The molecule has 0 fully saturated rings. The SMILES string of the molecule is COCCOCCC(=O)NCCC(=O)N1Cc2ccccc2C#Cc2ccccc21. The highest BCUT2D eigenvalue weighted by atomic mass is 16.5. The van der Waals surface area contributed by atoms with E-state index >= 15 is 0 Å². The van der Waals surface area contributed by atoms with Crippen molar-refractivity contribution in [1.29, 1.82) is 0 Å². The van der Waals surface area contributed by atoms with E-state index < -0.39 is 0 Å². The third kappa shape index (κ3) is 5.93. The first-order chi connectivity index (χ1) is 14.7. The Morgan fingerprint density at radius 1 is 0.967 bits per heavy atom. The monoisotopic (exact) mass is 406 g/mol. The van der Waals surface area contributed by atoms with Crippen molar-refractivity contribution in [3.8, 4) is 11.8 Å². The highest BCUT2D eigenvalue weighted by Gasteiger charge is 2.20. The zero-order chi connectivity index (χ0) is 21.2. The number of nitrogens with one attached hydrogen (secondary N) is 1. The standard InChI is InChI=1S/C24H26N2O4/c1-29-16-17-30-15-13-23(27)25-14-12-24(28)26-18-21-8-3-2-6-19(21)10-11-20-7-4-5-9-22(20)26/h2-9H,12-18H2,1H3,(H,25,27). The number of methoxy groups -OCH3 is 1. The maximum absolute atomic E-state index is 13.0. The van der Waals surface area contributed by atoms with E-state index in [0.717, 1.165) is 22.4 Å². The minimum absolute atomic E-state index is 0.0578.